The quantitative estimate of drug-likeness (QED) is 0.701. The van der Waals surface area contributed by atoms with E-state index < -0.39 is 11.6 Å². The highest BCUT2D eigenvalue weighted by atomic mass is 16.3. The Morgan fingerprint density at radius 3 is 3.06 bits per heavy atom. The van der Waals surface area contributed by atoms with E-state index in [-0.39, 0.29) is 18.2 Å². The van der Waals surface area contributed by atoms with Crippen LogP contribution in [0.15, 0.2) is 0 Å². The van der Waals surface area contributed by atoms with Crippen LogP contribution < -0.4 is 5.73 Å². The molecule has 1 saturated heterocycles. The number of aliphatic hydroxyl groups is 1. The van der Waals surface area contributed by atoms with Crippen molar-refractivity contribution in [2.24, 2.45) is 11.7 Å². The van der Waals surface area contributed by atoms with Crippen molar-refractivity contribution in [2.45, 2.75) is 50.2 Å². The number of piperidine rings is 1. The van der Waals surface area contributed by atoms with Crippen LogP contribution >= 0.6 is 0 Å². The third-order valence-electron chi connectivity index (χ3n) is 4.39. The Hall–Kier alpha value is -1.05. The molecule has 3 N–H and O–H groups in total. The number of nitrogens with two attached hydrogens (primary N) is 1. The Morgan fingerprint density at radius 2 is 2.33 bits per heavy atom. The molecule has 3 unspecified atom stereocenters. The Morgan fingerprint density at radius 1 is 1.56 bits per heavy atom. The zero-order valence-electron chi connectivity index (χ0n) is 10.8. The van der Waals surface area contributed by atoms with Gasteiger partial charge in [-0.15, -0.1) is 12.3 Å². The number of hydrogen-bond donors (Lipinski definition) is 2. The molecule has 1 heterocycles. The maximum absolute atomic E-state index is 12.1. The second-order valence-corrected chi connectivity index (χ2v) is 5.60. The van der Waals surface area contributed by atoms with Crippen LogP contribution in [-0.2, 0) is 4.79 Å². The van der Waals surface area contributed by atoms with Crippen molar-refractivity contribution in [3.63, 3.8) is 0 Å². The predicted octanol–water partition coefficient (Wildman–Crippen LogP) is 0.491. The summed E-state index contributed by atoms with van der Waals surface area (Å²) in [7, 11) is 0. The Bertz CT molecular complexity index is 363. The number of nitrogens with zero attached hydrogens (tertiary/aromatic N) is 1. The number of likely N-dealkylation sites (tertiary alicyclic amines) is 1. The number of rotatable bonds is 2. The minimum Gasteiger partial charge on any atom is -0.389 e. The Labute approximate surface area is 109 Å². The summed E-state index contributed by atoms with van der Waals surface area (Å²) in [4.78, 5) is 13.9. The largest absolute Gasteiger partial charge is 0.389 e. The second kappa shape index (κ2) is 5.29. The number of carbonyl (C=O) groups excluding carboxylic acids is 1. The van der Waals surface area contributed by atoms with Gasteiger partial charge in [0.15, 0.2) is 0 Å². The van der Waals surface area contributed by atoms with Gasteiger partial charge >= 0.3 is 0 Å². The molecule has 18 heavy (non-hydrogen) atoms. The average molecular weight is 250 g/mol. The highest BCUT2D eigenvalue weighted by Gasteiger charge is 2.44. The molecule has 0 radical (unpaired) electrons. The summed E-state index contributed by atoms with van der Waals surface area (Å²) in [5.41, 5.74) is 5.21. The smallest absolute Gasteiger partial charge is 0.240 e. The van der Waals surface area contributed by atoms with Crippen molar-refractivity contribution < 1.29 is 9.90 Å². The molecule has 0 aromatic rings. The molecule has 4 nitrogen and oxygen atoms in total. The van der Waals surface area contributed by atoms with Gasteiger partial charge < -0.3 is 15.7 Å². The number of terminal acetylenes is 1. The third kappa shape index (κ3) is 2.52. The molecule has 0 bridgehead atoms. The van der Waals surface area contributed by atoms with Crippen LogP contribution in [0.3, 0.4) is 0 Å². The Kier molecular flexibility index (Phi) is 3.94. The molecule has 0 aromatic carbocycles. The van der Waals surface area contributed by atoms with Gasteiger partial charge in [-0.05, 0) is 19.3 Å². The second-order valence-electron chi connectivity index (χ2n) is 5.60. The van der Waals surface area contributed by atoms with E-state index in [1.165, 1.54) is 0 Å². The number of hydrogen-bond acceptors (Lipinski definition) is 3. The van der Waals surface area contributed by atoms with Crippen LogP contribution in [0.2, 0.25) is 0 Å². The van der Waals surface area contributed by atoms with E-state index in [4.69, 9.17) is 12.2 Å². The molecule has 1 amide bonds. The lowest BCUT2D eigenvalue weighted by Gasteiger charge is -2.47. The summed E-state index contributed by atoms with van der Waals surface area (Å²) >= 11 is 0. The normalized spacial score (nSPS) is 33.4. The average Bonchev–Trinajstić information content (AvgIpc) is 2.37. The van der Waals surface area contributed by atoms with E-state index in [0.29, 0.717) is 19.5 Å². The summed E-state index contributed by atoms with van der Waals surface area (Å²) in [6.07, 6.45) is 10.3. The SMILES string of the molecule is C#CCC(N)C(=O)N1CCC2(O)CCCCC2C1. The third-order valence-corrected chi connectivity index (χ3v) is 4.39. The van der Waals surface area contributed by atoms with E-state index in [0.717, 1.165) is 25.7 Å². The summed E-state index contributed by atoms with van der Waals surface area (Å²) < 4.78 is 0. The first-order valence-corrected chi connectivity index (χ1v) is 6.77. The maximum atomic E-state index is 12.1. The van der Waals surface area contributed by atoms with Gasteiger partial charge in [0, 0.05) is 25.4 Å². The van der Waals surface area contributed by atoms with Gasteiger partial charge in [-0.3, -0.25) is 4.79 Å². The maximum Gasteiger partial charge on any atom is 0.240 e. The van der Waals surface area contributed by atoms with Gasteiger partial charge in [-0.25, -0.2) is 0 Å². The molecule has 4 heteroatoms. The molecule has 2 aliphatic rings. The highest BCUT2D eigenvalue weighted by molar-refractivity contribution is 5.82. The molecule has 0 spiro atoms. The van der Waals surface area contributed by atoms with Crippen LogP contribution in [0.25, 0.3) is 0 Å². The number of carbonyl (C=O) groups is 1. The lowest BCUT2D eigenvalue weighted by Crippen LogP contribution is -2.57. The lowest BCUT2D eigenvalue weighted by atomic mass is 9.71. The fourth-order valence-corrected chi connectivity index (χ4v) is 3.22. The van der Waals surface area contributed by atoms with Crippen LogP contribution in [-0.4, -0.2) is 40.6 Å². The predicted molar refractivity (Wildman–Crippen MR) is 69.5 cm³/mol. The molecule has 2 fully saturated rings. The van der Waals surface area contributed by atoms with Gasteiger partial charge in [0.05, 0.1) is 11.6 Å². The van der Waals surface area contributed by atoms with E-state index >= 15 is 0 Å². The van der Waals surface area contributed by atoms with Crippen molar-refractivity contribution in [3.8, 4) is 12.3 Å². The van der Waals surface area contributed by atoms with E-state index in [9.17, 15) is 9.90 Å². The molecule has 100 valence electrons. The van der Waals surface area contributed by atoms with Gasteiger partial charge in [-0.2, -0.15) is 0 Å². The fourth-order valence-electron chi connectivity index (χ4n) is 3.22. The minimum absolute atomic E-state index is 0.0689. The van der Waals surface area contributed by atoms with Crippen LogP contribution in [0.1, 0.15) is 38.5 Å². The summed E-state index contributed by atoms with van der Waals surface area (Å²) in [5.74, 6) is 2.57. The van der Waals surface area contributed by atoms with Crippen LogP contribution in [0.4, 0.5) is 0 Å². The molecule has 3 atom stereocenters. The van der Waals surface area contributed by atoms with Crippen molar-refractivity contribution in [1.29, 1.82) is 0 Å². The highest BCUT2D eigenvalue weighted by Crippen LogP contribution is 2.39. The molecule has 2 rings (SSSR count). The molecule has 1 saturated carbocycles. The Balaban J connectivity index is 1.98. The summed E-state index contributed by atoms with van der Waals surface area (Å²) in [6.45, 7) is 1.23. The molecule has 0 aromatic heterocycles. The van der Waals surface area contributed by atoms with Crippen LogP contribution in [0, 0.1) is 18.3 Å². The molecular weight excluding hydrogens is 228 g/mol. The van der Waals surface area contributed by atoms with E-state index in [1.54, 1.807) is 4.90 Å². The summed E-state index contributed by atoms with van der Waals surface area (Å²) in [6, 6.07) is -0.593. The van der Waals surface area contributed by atoms with Crippen molar-refractivity contribution in [1.82, 2.24) is 4.90 Å². The lowest BCUT2D eigenvalue weighted by molar-refractivity contribution is -0.144. The van der Waals surface area contributed by atoms with Gasteiger partial charge in [0.1, 0.15) is 0 Å². The van der Waals surface area contributed by atoms with E-state index in [2.05, 4.69) is 5.92 Å². The zero-order valence-corrected chi connectivity index (χ0v) is 10.8. The van der Waals surface area contributed by atoms with E-state index in [1.807, 2.05) is 0 Å². The molecular formula is C14H22N2O2. The first kappa shape index (κ1) is 13.4. The van der Waals surface area contributed by atoms with Gasteiger partial charge in [0.25, 0.3) is 0 Å². The number of amides is 1. The topological polar surface area (TPSA) is 66.6 Å². The molecule has 1 aliphatic heterocycles. The number of fused-ring (bicyclic) bond motifs is 1. The van der Waals surface area contributed by atoms with Crippen LogP contribution in [0.5, 0.6) is 0 Å². The standard InChI is InChI=1S/C14H22N2O2/c1-2-5-12(15)13(17)16-9-8-14(18)7-4-3-6-11(14)10-16/h1,11-12,18H,3-10,15H2. The van der Waals surface area contributed by atoms with Gasteiger partial charge in [-0.1, -0.05) is 12.8 Å². The van der Waals surface area contributed by atoms with Crippen molar-refractivity contribution in [2.75, 3.05) is 13.1 Å². The minimum atomic E-state index is -0.593. The summed E-state index contributed by atoms with van der Waals surface area (Å²) in [5, 5.41) is 10.5. The fraction of sp³-hybridized carbons (Fsp3) is 0.786. The monoisotopic (exact) mass is 250 g/mol. The zero-order chi connectivity index (χ0) is 13.2. The van der Waals surface area contributed by atoms with Crippen molar-refractivity contribution >= 4 is 5.91 Å². The van der Waals surface area contributed by atoms with Gasteiger partial charge in [0.2, 0.25) is 5.91 Å². The molecule has 1 aliphatic carbocycles. The van der Waals surface area contributed by atoms with Crippen molar-refractivity contribution in [3.05, 3.63) is 0 Å². The first-order valence-electron chi connectivity index (χ1n) is 6.77. The first-order chi connectivity index (χ1) is 8.57.